The molecule has 98 valence electrons. The van der Waals surface area contributed by atoms with Gasteiger partial charge in [0, 0.05) is 19.4 Å². The van der Waals surface area contributed by atoms with Crippen molar-refractivity contribution in [1.29, 1.82) is 0 Å². The van der Waals surface area contributed by atoms with Crippen LogP contribution in [0.1, 0.15) is 26.2 Å². The summed E-state index contributed by atoms with van der Waals surface area (Å²) >= 11 is 0. The Bertz CT molecular complexity index is 317. The Hall–Kier alpha value is -1.27. The van der Waals surface area contributed by atoms with Crippen LogP contribution in [0.2, 0.25) is 0 Å². The molecule has 0 aromatic heterocycles. The van der Waals surface area contributed by atoms with Crippen LogP contribution < -0.4 is 5.73 Å². The Balaban J connectivity index is 2.67. The lowest BCUT2D eigenvalue weighted by atomic mass is 10.0. The van der Waals surface area contributed by atoms with Crippen molar-refractivity contribution in [2.75, 3.05) is 6.54 Å². The average Bonchev–Trinajstić information content (AvgIpc) is 2.44. The van der Waals surface area contributed by atoms with Gasteiger partial charge in [0.05, 0.1) is 0 Å². The van der Waals surface area contributed by atoms with Gasteiger partial charge >= 0.3 is 6.18 Å². The summed E-state index contributed by atoms with van der Waals surface area (Å²) in [5.41, 5.74) is 5.11. The van der Waals surface area contributed by atoms with E-state index < -0.39 is 36.4 Å². The first kappa shape index (κ1) is 13.8. The summed E-state index contributed by atoms with van der Waals surface area (Å²) in [7, 11) is 0. The van der Waals surface area contributed by atoms with E-state index in [0.29, 0.717) is 6.42 Å². The molecule has 1 rings (SSSR count). The monoisotopic (exact) mass is 252 g/mol. The van der Waals surface area contributed by atoms with E-state index in [2.05, 4.69) is 0 Å². The minimum absolute atomic E-state index is 0.0419. The first-order valence-electron chi connectivity index (χ1n) is 5.40. The molecule has 1 fully saturated rings. The van der Waals surface area contributed by atoms with Gasteiger partial charge in [-0.1, -0.05) is 6.92 Å². The number of nitrogens with zero attached hydrogens (tertiary/aromatic N) is 1. The van der Waals surface area contributed by atoms with Crippen LogP contribution in [0.4, 0.5) is 13.2 Å². The van der Waals surface area contributed by atoms with Gasteiger partial charge in [-0.2, -0.15) is 13.2 Å². The van der Waals surface area contributed by atoms with Crippen LogP contribution >= 0.6 is 0 Å². The number of likely N-dealkylation sites (tertiary alicyclic amines) is 1. The first-order chi connectivity index (χ1) is 7.74. The normalized spacial score (nSPS) is 22.9. The molecule has 0 bridgehead atoms. The number of rotatable bonds is 4. The molecular formula is C10H15F3N2O2. The van der Waals surface area contributed by atoms with E-state index >= 15 is 0 Å². The minimum Gasteiger partial charge on any atom is -0.368 e. The van der Waals surface area contributed by atoms with Gasteiger partial charge in [-0.25, -0.2) is 0 Å². The largest absolute Gasteiger partial charge is 0.389 e. The molecule has 0 aromatic rings. The van der Waals surface area contributed by atoms with Crippen molar-refractivity contribution in [2.24, 2.45) is 11.7 Å². The third-order valence-corrected chi connectivity index (χ3v) is 2.85. The molecule has 2 amide bonds. The van der Waals surface area contributed by atoms with Crippen LogP contribution in [-0.4, -0.2) is 35.5 Å². The molecule has 0 aliphatic carbocycles. The van der Waals surface area contributed by atoms with E-state index in [1.807, 2.05) is 0 Å². The quantitative estimate of drug-likeness (QED) is 0.812. The molecule has 1 aliphatic heterocycles. The zero-order valence-corrected chi connectivity index (χ0v) is 9.46. The van der Waals surface area contributed by atoms with Crippen molar-refractivity contribution in [2.45, 2.75) is 38.4 Å². The zero-order chi connectivity index (χ0) is 13.2. The van der Waals surface area contributed by atoms with Gasteiger partial charge in [0.1, 0.15) is 6.04 Å². The van der Waals surface area contributed by atoms with E-state index in [9.17, 15) is 22.8 Å². The molecule has 1 heterocycles. The number of halogens is 3. The molecular weight excluding hydrogens is 237 g/mol. The molecule has 0 saturated carbocycles. The van der Waals surface area contributed by atoms with Gasteiger partial charge < -0.3 is 10.6 Å². The highest BCUT2D eigenvalue weighted by Crippen LogP contribution is 2.32. The van der Waals surface area contributed by atoms with Gasteiger partial charge in [-0.05, 0) is 12.3 Å². The second kappa shape index (κ2) is 4.93. The summed E-state index contributed by atoms with van der Waals surface area (Å²) < 4.78 is 36.5. The standard InChI is InChI=1S/C10H15F3N2O2/c1-2-7(9(14)17)15-5-6(3-8(15)16)4-10(11,12)13/h6-7H,2-5H2,1H3,(H2,14,17). The molecule has 1 aliphatic rings. The molecule has 0 spiro atoms. The van der Waals surface area contributed by atoms with Crippen molar-refractivity contribution < 1.29 is 22.8 Å². The van der Waals surface area contributed by atoms with Crippen LogP contribution in [0, 0.1) is 5.92 Å². The number of hydrogen-bond donors (Lipinski definition) is 1. The lowest BCUT2D eigenvalue weighted by Crippen LogP contribution is -2.45. The molecule has 1 saturated heterocycles. The molecule has 2 atom stereocenters. The SMILES string of the molecule is CCC(C(N)=O)N1CC(CC(F)(F)F)CC1=O. The van der Waals surface area contributed by atoms with Gasteiger partial charge in [0.2, 0.25) is 11.8 Å². The Kier molecular flexibility index (Phi) is 4.00. The molecule has 2 N–H and O–H groups in total. The second-order valence-corrected chi connectivity index (χ2v) is 4.26. The Morgan fingerprint density at radius 3 is 2.59 bits per heavy atom. The lowest BCUT2D eigenvalue weighted by molar-refractivity contribution is -0.143. The third kappa shape index (κ3) is 3.61. The number of nitrogens with two attached hydrogens (primary N) is 1. The zero-order valence-electron chi connectivity index (χ0n) is 9.46. The summed E-state index contributed by atoms with van der Waals surface area (Å²) in [5.74, 6) is -1.87. The van der Waals surface area contributed by atoms with Gasteiger partial charge in [0.25, 0.3) is 0 Å². The Morgan fingerprint density at radius 2 is 2.18 bits per heavy atom. The number of primary amides is 1. The molecule has 4 nitrogen and oxygen atoms in total. The average molecular weight is 252 g/mol. The fraction of sp³-hybridized carbons (Fsp3) is 0.800. The Morgan fingerprint density at radius 1 is 1.59 bits per heavy atom. The summed E-state index contributed by atoms with van der Waals surface area (Å²) in [5, 5.41) is 0. The predicted octanol–water partition coefficient (Wildman–Crippen LogP) is 1.05. The van der Waals surface area contributed by atoms with Crippen molar-refractivity contribution in [3.8, 4) is 0 Å². The fourth-order valence-corrected chi connectivity index (χ4v) is 2.15. The number of carbonyl (C=O) groups excluding carboxylic acids is 2. The topological polar surface area (TPSA) is 63.4 Å². The summed E-state index contributed by atoms with van der Waals surface area (Å²) in [6, 6.07) is -0.791. The van der Waals surface area contributed by atoms with E-state index in [1.165, 1.54) is 4.90 Å². The molecule has 7 heteroatoms. The lowest BCUT2D eigenvalue weighted by Gasteiger charge is -2.24. The van der Waals surface area contributed by atoms with Crippen LogP contribution in [0.15, 0.2) is 0 Å². The van der Waals surface area contributed by atoms with E-state index in [4.69, 9.17) is 5.73 Å². The maximum Gasteiger partial charge on any atom is 0.389 e. The van der Waals surface area contributed by atoms with Crippen molar-refractivity contribution >= 4 is 11.8 Å². The molecule has 0 aromatic carbocycles. The summed E-state index contributed by atoms with van der Waals surface area (Å²) in [6.45, 7) is 1.62. The van der Waals surface area contributed by atoms with Gasteiger partial charge in [-0.3, -0.25) is 9.59 Å². The van der Waals surface area contributed by atoms with Crippen molar-refractivity contribution in [3.63, 3.8) is 0 Å². The van der Waals surface area contributed by atoms with E-state index in [-0.39, 0.29) is 13.0 Å². The highest BCUT2D eigenvalue weighted by atomic mass is 19.4. The van der Waals surface area contributed by atoms with E-state index in [1.54, 1.807) is 6.92 Å². The van der Waals surface area contributed by atoms with Crippen LogP contribution in [-0.2, 0) is 9.59 Å². The highest BCUT2D eigenvalue weighted by Gasteiger charge is 2.41. The van der Waals surface area contributed by atoms with Crippen molar-refractivity contribution in [3.05, 3.63) is 0 Å². The third-order valence-electron chi connectivity index (χ3n) is 2.85. The number of amides is 2. The van der Waals surface area contributed by atoms with Gasteiger partial charge in [0.15, 0.2) is 0 Å². The fourth-order valence-electron chi connectivity index (χ4n) is 2.15. The highest BCUT2D eigenvalue weighted by molar-refractivity contribution is 5.87. The number of alkyl halides is 3. The van der Waals surface area contributed by atoms with Gasteiger partial charge in [-0.15, -0.1) is 0 Å². The molecule has 17 heavy (non-hydrogen) atoms. The minimum atomic E-state index is -4.28. The smallest absolute Gasteiger partial charge is 0.368 e. The first-order valence-corrected chi connectivity index (χ1v) is 5.40. The summed E-state index contributed by atoms with van der Waals surface area (Å²) in [6.07, 6.45) is -5.12. The number of carbonyl (C=O) groups is 2. The second-order valence-electron chi connectivity index (χ2n) is 4.26. The predicted molar refractivity (Wildman–Crippen MR) is 53.8 cm³/mol. The molecule has 2 unspecified atom stereocenters. The van der Waals surface area contributed by atoms with Crippen molar-refractivity contribution in [1.82, 2.24) is 4.90 Å². The van der Waals surface area contributed by atoms with E-state index in [0.717, 1.165) is 0 Å². The maximum atomic E-state index is 12.2. The number of hydrogen-bond acceptors (Lipinski definition) is 2. The van der Waals surface area contributed by atoms with Crippen LogP contribution in [0.3, 0.4) is 0 Å². The molecule has 0 radical (unpaired) electrons. The Labute approximate surface area is 96.9 Å². The maximum absolute atomic E-state index is 12.2. The van der Waals surface area contributed by atoms with Crippen LogP contribution in [0.5, 0.6) is 0 Å². The summed E-state index contributed by atoms with van der Waals surface area (Å²) in [4.78, 5) is 23.8. The van der Waals surface area contributed by atoms with Crippen LogP contribution in [0.25, 0.3) is 0 Å².